The van der Waals surface area contributed by atoms with Gasteiger partial charge in [0.05, 0.1) is 12.2 Å². The minimum atomic E-state index is -3.45. The topological polar surface area (TPSA) is 61.4 Å². The minimum absolute atomic E-state index is 0.271. The molecule has 21 heavy (non-hydrogen) atoms. The van der Waals surface area contributed by atoms with Gasteiger partial charge in [0.15, 0.2) is 0 Å². The third-order valence-corrected chi connectivity index (χ3v) is 5.18. The van der Waals surface area contributed by atoms with Gasteiger partial charge in [-0.25, -0.2) is 13.1 Å². The highest BCUT2D eigenvalue weighted by Gasteiger charge is 2.21. The lowest BCUT2D eigenvalue weighted by molar-refractivity contribution is 0.243. The van der Waals surface area contributed by atoms with Crippen molar-refractivity contribution in [1.82, 2.24) is 9.62 Å². The molecule has 0 amide bonds. The molecule has 2 N–H and O–H groups in total. The molecule has 6 heteroatoms. The van der Waals surface area contributed by atoms with E-state index in [9.17, 15) is 8.42 Å². The summed E-state index contributed by atoms with van der Waals surface area (Å²) in [5.41, 5.74) is 0.655. The van der Waals surface area contributed by atoms with E-state index in [-0.39, 0.29) is 6.04 Å². The Kier molecular flexibility index (Phi) is 5.23. The number of hydrogen-bond donors (Lipinski definition) is 2. The van der Waals surface area contributed by atoms with Crippen molar-refractivity contribution in [2.45, 2.75) is 23.8 Å². The van der Waals surface area contributed by atoms with Gasteiger partial charge in [0.1, 0.15) is 4.90 Å². The molecule has 0 atom stereocenters. The molecule has 0 aliphatic carbocycles. The fourth-order valence-electron chi connectivity index (χ4n) is 2.51. The maximum atomic E-state index is 12.0. The van der Waals surface area contributed by atoms with Crippen LogP contribution in [0, 0.1) is 12.3 Å². The fourth-order valence-corrected chi connectivity index (χ4v) is 3.41. The molecule has 1 aromatic rings. The van der Waals surface area contributed by atoms with E-state index in [4.69, 9.17) is 6.42 Å². The first kappa shape index (κ1) is 15.8. The quantitative estimate of drug-likeness (QED) is 0.800. The Balaban J connectivity index is 2.07. The number of anilines is 1. The van der Waals surface area contributed by atoms with Crippen LogP contribution >= 0.6 is 0 Å². The van der Waals surface area contributed by atoms with Gasteiger partial charge in [-0.05, 0) is 32.0 Å². The van der Waals surface area contributed by atoms with Gasteiger partial charge >= 0.3 is 0 Å². The lowest BCUT2D eigenvalue weighted by atomic mass is 10.0. The first-order valence-corrected chi connectivity index (χ1v) is 8.50. The Labute approximate surface area is 126 Å². The number of rotatable bonds is 5. The number of likely N-dealkylation sites (tertiary alicyclic amines) is 1. The molecular formula is C15H21N3O2S. The maximum Gasteiger partial charge on any atom is 0.242 e. The molecule has 0 aromatic heterocycles. The summed E-state index contributed by atoms with van der Waals surface area (Å²) >= 11 is 0. The Morgan fingerprint density at radius 2 is 2.00 bits per heavy atom. The van der Waals surface area contributed by atoms with E-state index in [1.165, 1.54) is 7.05 Å². The highest BCUT2D eigenvalue weighted by molar-refractivity contribution is 7.89. The largest absolute Gasteiger partial charge is 0.381 e. The van der Waals surface area contributed by atoms with Crippen LogP contribution in [0.2, 0.25) is 0 Å². The molecule has 0 radical (unpaired) electrons. The molecule has 1 aliphatic heterocycles. The monoisotopic (exact) mass is 307 g/mol. The minimum Gasteiger partial charge on any atom is -0.381 e. The zero-order valence-corrected chi connectivity index (χ0v) is 13.0. The third kappa shape index (κ3) is 3.97. The van der Waals surface area contributed by atoms with Crippen LogP contribution in [0.15, 0.2) is 29.2 Å². The van der Waals surface area contributed by atoms with Crippen LogP contribution in [0.5, 0.6) is 0 Å². The van der Waals surface area contributed by atoms with Crippen LogP contribution in [-0.4, -0.2) is 46.0 Å². The molecule has 1 aliphatic rings. The van der Waals surface area contributed by atoms with Gasteiger partial charge < -0.3 is 5.32 Å². The van der Waals surface area contributed by atoms with Crippen molar-refractivity contribution < 1.29 is 8.42 Å². The zero-order valence-electron chi connectivity index (χ0n) is 12.2. The van der Waals surface area contributed by atoms with Crippen molar-refractivity contribution in [3.05, 3.63) is 24.3 Å². The molecule has 0 bridgehead atoms. The van der Waals surface area contributed by atoms with Crippen molar-refractivity contribution >= 4 is 15.7 Å². The summed E-state index contributed by atoms with van der Waals surface area (Å²) in [5, 5.41) is 3.36. The normalized spacial score (nSPS) is 17.3. The summed E-state index contributed by atoms with van der Waals surface area (Å²) in [7, 11) is -2.03. The van der Waals surface area contributed by atoms with Gasteiger partial charge in [0.25, 0.3) is 0 Å². The summed E-state index contributed by atoms with van der Waals surface area (Å²) in [6.07, 6.45) is 7.23. The molecule has 2 rings (SSSR count). The van der Waals surface area contributed by atoms with E-state index in [1.807, 2.05) is 6.07 Å². The van der Waals surface area contributed by atoms with Gasteiger partial charge in [-0.15, -0.1) is 6.42 Å². The van der Waals surface area contributed by atoms with E-state index in [0.29, 0.717) is 17.1 Å². The predicted molar refractivity (Wildman–Crippen MR) is 84.6 cm³/mol. The number of benzene rings is 1. The molecule has 0 spiro atoms. The SMILES string of the molecule is C#CCN1CCC(Nc2ccccc2S(=O)(=O)NC)CC1. The van der Waals surface area contributed by atoms with Crippen molar-refractivity contribution in [3.8, 4) is 12.3 Å². The number of para-hydroxylation sites is 1. The Bertz CT molecular complexity index is 614. The van der Waals surface area contributed by atoms with Crippen LogP contribution in [0.1, 0.15) is 12.8 Å². The second-order valence-corrected chi connectivity index (χ2v) is 6.96. The van der Waals surface area contributed by atoms with Crippen LogP contribution < -0.4 is 10.0 Å². The molecule has 0 saturated carbocycles. The fraction of sp³-hybridized carbons (Fsp3) is 0.467. The van der Waals surface area contributed by atoms with Crippen molar-refractivity contribution in [2.75, 3.05) is 32.0 Å². The van der Waals surface area contributed by atoms with Crippen molar-refractivity contribution in [1.29, 1.82) is 0 Å². The summed E-state index contributed by atoms with van der Waals surface area (Å²) in [6.45, 7) is 2.54. The Hall–Kier alpha value is -1.55. The van der Waals surface area contributed by atoms with E-state index >= 15 is 0 Å². The molecule has 114 valence electrons. The highest BCUT2D eigenvalue weighted by atomic mass is 32.2. The highest BCUT2D eigenvalue weighted by Crippen LogP contribution is 2.23. The van der Waals surface area contributed by atoms with Gasteiger partial charge in [0.2, 0.25) is 10.0 Å². The molecule has 5 nitrogen and oxygen atoms in total. The maximum absolute atomic E-state index is 12.0. The van der Waals surface area contributed by atoms with Crippen LogP contribution in [0.4, 0.5) is 5.69 Å². The van der Waals surface area contributed by atoms with Gasteiger partial charge in [-0.3, -0.25) is 4.90 Å². The number of terminal acetylenes is 1. The number of hydrogen-bond acceptors (Lipinski definition) is 4. The van der Waals surface area contributed by atoms with E-state index < -0.39 is 10.0 Å². The van der Waals surface area contributed by atoms with Gasteiger partial charge in [-0.2, -0.15) is 0 Å². The summed E-state index contributed by atoms with van der Waals surface area (Å²) < 4.78 is 26.4. The van der Waals surface area contributed by atoms with Gasteiger partial charge in [0, 0.05) is 19.1 Å². The first-order valence-electron chi connectivity index (χ1n) is 7.02. The predicted octanol–water partition coefficient (Wildman–Crippen LogP) is 1.10. The lowest BCUT2D eigenvalue weighted by Crippen LogP contribution is -2.39. The summed E-state index contributed by atoms with van der Waals surface area (Å²) in [5.74, 6) is 2.66. The molecule has 1 fully saturated rings. The average Bonchev–Trinajstić information content (AvgIpc) is 2.50. The second-order valence-electron chi connectivity index (χ2n) is 5.10. The molecule has 1 heterocycles. The van der Waals surface area contributed by atoms with Crippen molar-refractivity contribution in [3.63, 3.8) is 0 Å². The molecular weight excluding hydrogens is 286 g/mol. The van der Waals surface area contributed by atoms with Crippen LogP contribution in [-0.2, 0) is 10.0 Å². The lowest BCUT2D eigenvalue weighted by Gasteiger charge is -2.32. The first-order chi connectivity index (χ1) is 10.1. The summed E-state index contributed by atoms with van der Waals surface area (Å²) in [6, 6.07) is 7.25. The summed E-state index contributed by atoms with van der Waals surface area (Å²) in [4.78, 5) is 2.52. The number of piperidine rings is 1. The third-order valence-electron chi connectivity index (χ3n) is 3.71. The number of nitrogens with one attached hydrogen (secondary N) is 2. The zero-order chi connectivity index (χ0) is 15.3. The molecule has 1 aromatic carbocycles. The van der Waals surface area contributed by atoms with Gasteiger partial charge in [-0.1, -0.05) is 18.1 Å². The molecule has 1 saturated heterocycles. The average molecular weight is 307 g/mol. The Morgan fingerprint density at radius 3 is 2.62 bits per heavy atom. The Morgan fingerprint density at radius 1 is 1.33 bits per heavy atom. The standard InChI is InChI=1S/C15H21N3O2S/c1-3-10-18-11-8-13(9-12-18)17-14-6-4-5-7-15(14)21(19,20)16-2/h1,4-7,13,16-17H,8-12H2,2H3. The van der Waals surface area contributed by atoms with Crippen LogP contribution in [0.25, 0.3) is 0 Å². The number of nitrogens with zero attached hydrogens (tertiary/aromatic N) is 1. The van der Waals surface area contributed by atoms with E-state index in [1.54, 1.807) is 18.2 Å². The molecule has 0 unspecified atom stereocenters. The van der Waals surface area contributed by atoms with Crippen LogP contribution in [0.3, 0.4) is 0 Å². The number of sulfonamides is 1. The smallest absolute Gasteiger partial charge is 0.242 e. The van der Waals surface area contributed by atoms with E-state index in [2.05, 4.69) is 20.9 Å². The van der Waals surface area contributed by atoms with E-state index in [0.717, 1.165) is 25.9 Å². The second kappa shape index (κ2) is 6.94. The van der Waals surface area contributed by atoms with Crippen molar-refractivity contribution in [2.24, 2.45) is 0 Å².